The van der Waals surface area contributed by atoms with Crippen LogP contribution in [0.4, 0.5) is 24.7 Å². The Morgan fingerprint density at radius 2 is 1.73 bits per heavy atom. The highest BCUT2D eigenvalue weighted by Crippen LogP contribution is 2.34. The number of aromatic nitrogens is 1. The second kappa shape index (κ2) is 7.76. The molecule has 1 aromatic carbocycles. The molecule has 2 heterocycles. The molecular formula is C19H20F3N3O. The summed E-state index contributed by atoms with van der Waals surface area (Å²) in [6.45, 7) is 1.74. The molecule has 26 heavy (non-hydrogen) atoms. The molecule has 1 amide bonds. The minimum Gasteiger partial charge on any atom is -0.357 e. The highest BCUT2D eigenvalue weighted by molar-refractivity contribution is 6.05. The minimum absolute atomic E-state index is 0.252. The van der Waals surface area contributed by atoms with E-state index < -0.39 is 17.6 Å². The molecule has 2 aromatic rings. The highest BCUT2D eigenvalue weighted by Gasteiger charge is 2.33. The summed E-state index contributed by atoms with van der Waals surface area (Å²) in [5, 5.41) is 2.37. The molecule has 0 unspecified atom stereocenters. The summed E-state index contributed by atoms with van der Waals surface area (Å²) in [5.41, 5.74) is -0.829. The van der Waals surface area contributed by atoms with Crippen molar-refractivity contribution in [3.63, 3.8) is 0 Å². The van der Waals surface area contributed by atoms with E-state index in [1.807, 2.05) is 0 Å². The number of benzene rings is 1. The molecule has 1 aliphatic heterocycles. The van der Waals surface area contributed by atoms with Crippen molar-refractivity contribution < 1.29 is 18.0 Å². The molecule has 3 rings (SSSR count). The quantitative estimate of drug-likeness (QED) is 0.857. The number of alkyl halides is 3. The van der Waals surface area contributed by atoms with Crippen LogP contribution in [0.15, 0.2) is 42.6 Å². The van der Waals surface area contributed by atoms with Crippen LogP contribution >= 0.6 is 0 Å². The van der Waals surface area contributed by atoms with Crippen molar-refractivity contribution in [2.24, 2.45) is 0 Å². The van der Waals surface area contributed by atoms with Gasteiger partial charge in [-0.1, -0.05) is 25.0 Å². The normalized spacial score (nSPS) is 15.4. The first-order chi connectivity index (χ1) is 12.4. The van der Waals surface area contributed by atoms with Crippen LogP contribution in [0.25, 0.3) is 0 Å². The summed E-state index contributed by atoms with van der Waals surface area (Å²) >= 11 is 0. The van der Waals surface area contributed by atoms with Gasteiger partial charge >= 0.3 is 6.18 Å². The van der Waals surface area contributed by atoms with E-state index in [0.29, 0.717) is 5.82 Å². The van der Waals surface area contributed by atoms with Crippen LogP contribution in [-0.2, 0) is 6.18 Å². The van der Waals surface area contributed by atoms with Crippen molar-refractivity contribution >= 4 is 17.4 Å². The zero-order valence-corrected chi connectivity index (χ0v) is 14.2. The van der Waals surface area contributed by atoms with Crippen molar-refractivity contribution in [2.75, 3.05) is 23.3 Å². The fourth-order valence-electron chi connectivity index (χ4n) is 3.07. The predicted molar refractivity (Wildman–Crippen MR) is 94.3 cm³/mol. The molecule has 1 fully saturated rings. The van der Waals surface area contributed by atoms with Gasteiger partial charge in [-0.2, -0.15) is 13.2 Å². The predicted octanol–water partition coefficient (Wildman–Crippen LogP) is 4.73. The number of nitrogens with zero attached hydrogens (tertiary/aromatic N) is 2. The van der Waals surface area contributed by atoms with Crippen LogP contribution < -0.4 is 10.2 Å². The molecule has 138 valence electrons. The third-order valence-electron chi connectivity index (χ3n) is 4.42. The van der Waals surface area contributed by atoms with Gasteiger partial charge in [0.25, 0.3) is 5.91 Å². The number of rotatable bonds is 3. The number of hydrogen-bond acceptors (Lipinski definition) is 3. The summed E-state index contributed by atoms with van der Waals surface area (Å²) in [7, 11) is 0. The number of nitrogens with one attached hydrogen (secondary N) is 1. The topological polar surface area (TPSA) is 45.2 Å². The van der Waals surface area contributed by atoms with Gasteiger partial charge in [0, 0.05) is 24.8 Å². The molecule has 1 aliphatic rings. The zero-order chi connectivity index (χ0) is 18.6. The monoisotopic (exact) mass is 363 g/mol. The molecule has 7 heteroatoms. The van der Waals surface area contributed by atoms with Crippen molar-refractivity contribution in [1.82, 2.24) is 4.98 Å². The number of carbonyl (C=O) groups is 1. The minimum atomic E-state index is -4.53. The van der Waals surface area contributed by atoms with Crippen LogP contribution in [-0.4, -0.2) is 24.0 Å². The van der Waals surface area contributed by atoms with Crippen molar-refractivity contribution in [2.45, 2.75) is 31.9 Å². The van der Waals surface area contributed by atoms with Crippen molar-refractivity contribution in [3.8, 4) is 0 Å². The van der Waals surface area contributed by atoms with Crippen LogP contribution in [0.2, 0.25) is 0 Å². The summed E-state index contributed by atoms with van der Waals surface area (Å²) in [4.78, 5) is 18.9. The second-order valence-electron chi connectivity index (χ2n) is 6.30. The molecule has 0 radical (unpaired) electrons. The first kappa shape index (κ1) is 18.2. The van der Waals surface area contributed by atoms with Crippen LogP contribution in [0.3, 0.4) is 0 Å². The molecule has 0 atom stereocenters. The highest BCUT2D eigenvalue weighted by atomic mass is 19.4. The SMILES string of the molecule is O=C(Nc1ccccc1C(F)(F)F)c1ccnc(N2CCCCCC2)c1. The molecule has 0 bridgehead atoms. The Balaban J connectivity index is 1.80. The van der Waals surface area contributed by atoms with E-state index in [1.54, 1.807) is 6.07 Å². The third kappa shape index (κ3) is 4.33. The zero-order valence-electron chi connectivity index (χ0n) is 14.2. The smallest absolute Gasteiger partial charge is 0.357 e. The number of pyridine rings is 1. The maximum absolute atomic E-state index is 13.1. The fourth-order valence-corrected chi connectivity index (χ4v) is 3.07. The van der Waals surface area contributed by atoms with Gasteiger partial charge in [-0.3, -0.25) is 4.79 Å². The first-order valence-electron chi connectivity index (χ1n) is 8.64. The van der Waals surface area contributed by atoms with E-state index in [-0.39, 0.29) is 11.3 Å². The van der Waals surface area contributed by atoms with Gasteiger partial charge in [-0.25, -0.2) is 4.98 Å². The van der Waals surface area contributed by atoms with Gasteiger partial charge in [-0.15, -0.1) is 0 Å². The molecule has 0 aliphatic carbocycles. The maximum Gasteiger partial charge on any atom is 0.418 e. The fraction of sp³-hybridized carbons (Fsp3) is 0.368. The lowest BCUT2D eigenvalue weighted by Crippen LogP contribution is -2.25. The Bertz CT molecular complexity index is 769. The average molecular weight is 363 g/mol. The number of amides is 1. The summed E-state index contributed by atoms with van der Waals surface area (Å²) in [5.74, 6) is 0.101. The average Bonchev–Trinajstić information content (AvgIpc) is 2.91. The molecule has 1 aromatic heterocycles. The van der Waals surface area contributed by atoms with E-state index in [9.17, 15) is 18.0 Å². The number of halogens is 3. The largest absolute Gasteiger partial charge is 0.418 e. The number of para-hydroxylation sites is 1. The Morgan fingerprint density at radius 1 is 1.04 bits per heavy atom. The summed E-state index contributed by atoms with van der Waals surface area (Å²) in [6, 6.07) is 8.09. The van der Waals surface area contributed by atoms with Gasteiger partial charge in [0.15, 0.2) is 0 Å². The van der Waals surface area contributed by atoms with Gasteiger partial charge in [0.1, 0.15) is 5.82 Å². The number of anilines is 2. The van der Waals surface area contributed by atoms with E-state index in [0.717, 1.165) is 32.0 Å². The van der Waals surface area contributed by atoms with Gasteiger partial charge in [0.05, 0.1) is 11.3 Å². The molecule has 1 saturated heterocycles. The number of carbonyl (C=O) groups excluding carboxylic acids is 1. The Hall–Kier alpha value is -2.57. The number of hydrogen-bond donors (Lipinski definition) is 1. The van der Waals surface area contributed by atoms with Gasteiger partial charge in [-0.05, 0) is 37.1 Å². The lowest BCUT2D eigenvalue weighted by atomic mass is 10.1. The molecule has 4 nitrogen and oxygen atoms in total. The lowest BCUT2D eigenvalue weighted by Gasteiger charge is -2.21. The Kier molecular flexibility index (Phi) is 5.44. The molecule has 1 N–H and O–H groups in total. The molecule has 0 spiro atoms. The van der Waals surface area contributed by atoms with E-state index in [4.69, 9.17) is 0 Å². The molecule has 0 saturated carbocycles. The Labute approximate surface area is 150 Å². The van der Waals surface area contributed by atoms with Crippen LogP contribution in [0, 0.1) is 0 Å². The summed E-state index contributed by atoms with van der Waals surface area (Å²) in [6.07, 6.45) is 1.47. The van der Waals surface area contributed by atoms with E-state index in [2.05, 4.69) is 15.2 Å². The second-order valence-corrected chi connectivity index (χ2v) is 6.30. The molecular weight excluding hydrogens is 343 g/mol. The van der Waals surface area contributed by atoms with Crippen molar-refractivity contribution in [1.29, 1.82) is 0 Å². The van der Waals surface area contributed by atoms with Crippen LogP contribution in [0.5, 0.6) is 0 Å². The maximum atomic E-state index is 13.1. The lowest BCUT2D eigenvalue weighted by molar-refractivity contribution is -0.136. The summed E-state index contributed by atoms with van der Waals surface area (Å²) < 4.78 is 39.2. The Morgan fingerprint density at radius 3 is 2.42 bits per heavy atom. The van der Waals surface area contributed by atoms with E-state index >= 15 is 0 Å². The van der Waals surface area contributed by atoms with Crippen LogP contribution in [0.1, 0.15) is 41.6 Å². The van der Waals surface area contributed by atoms with Crippen molar-refractivity contribution in [3.05, 3.63) is 53.7 Å². The standard InChI is InChI=1S/C19H20F3N3O/c20-19(21,22)15-7-3-4-8-16(15)24-18(26)14-9-10-23-17(13-14)25-11-5-1-2-6-12-25/h3-4,7-10,13H,1-2,5-6,11-12H2,(H,24,26). The first-order valence-corrected chi connectivity index (χ1v) is 8.64. The van der Waals surface area contributed by atoms with E-state index in [1.165, 1.54) is 43.3 Å². The van der Waals surface area contributed by atoms with Gasteiger partial charge in [0.2, 0.25) is 0 Å². The van der Waals surface area contributed by atoms with Gasteiger partial charge < -0.3 is 10.2 Å². The third-order valence-corrected chi connectivity index (χ3v) is 4.42.